The number of hydrogen-bond acceptors (Lipinski definition) is 3. The third-order valence-electron chi connectivity index (χ3n) is 4.99. The predicted molar refractivity (Wildman–Crippen MR) is 117 cm³/mol. The molecule has 0 atom stereocenters. The molecule has 0 radical (unpaired) electrons. The summed E-state index contributed by atoms with van der Waals surface area (Å²) in [6.45, 7) is 0.657. The number of hydrogen-bond donors (Lipinski definition) is 1. The van der Waals surface area contributed by atoms with E-state index in [1.165, 1.54) is 17.8 Å². The third-order valence-corrected chi connectivity index (χ3v) is 6.04. The van der Waals surface area contributed by atoms with Gasteiger partial charge in [-0.2, -0.15) is 0 Å². The molecule has 152 valence electrons. The van der Waals surface area contributed by atoms with Crippen LogP contribution in [0, 0.1) is 5.82 Å². The summed E-state index contributed by atoms with van der Waals surface area (Å²) in [5, 5.41) is 2.93. The molecule has 0 saturated heterocycles. The van der Waals surface area contributed by atoms with Crippen LogP contribution in [-0.4, -0.2) is 24.1 Å². The number of fused-ring (bicyclic) bond motifs is 1. The molecule has 1 aliphatic rings. The molecule has 0 fully saturated rings. The van der Waals surface area contributed by atoms with Gasteiger partial charge in [-0.05, 0) is 36.2 Å². The fourth-order valence-electron chi connectivity index (χ4n) is 3.38. The molecule has 1 aliphatic heterocycles. The Balaban J connectivity index is 1.50. The summed E-state index contributed by atoms with van der Waals surface area (Å²) in [7, 11) is 0. The second-order valence-corrected chi connectivity index (χ2v) is 8.05. The van der Waals surface area contributed by atoms with Crippen molar-refractivity contribution in [2.24, 2.45) is 0 Å². The first-order valence-electron chi connectivity index (χ1n) is 9.74. The van der Waals surface area contributed by atoms with Crippen molar-refractivity contribution in [2.75, 3.05) is 17.2 Å². The first-order chi connectivity index (χ1) is 14.6. The minimum atomic E-state index is -0.347. The van der Waals surface area contributed by atoms with Crippen LogP contribution in [0.2, 0.25) is 0 Å². The zero-order chi connectivity index (χ0) is 20.9. The number of carbonyl (C=O) groups is 2. The molecule has 6 heteroatoms. The maximum atomic E-state index is 14.1. The summed E-state index contributed by atoms with van der Waals surface area (Å²) in [5.41, 5.74) is 2.73. The van der Waals surface area contributed by atoms with Crippen LogP contribution >= 0.6 is 11.8 Å². The Bertz CT molecular complexity index is 1070. The molecule has 3 aromatic carbocycles. The Morgan fingerprint density at radius 3 is 2.60 bits per heavy atom. The highest BCUT2D eigenvalue weighted by Crippen LogP contribution is 2.37. The van der Waals surface area contributed by atoms with Crippen LogP contribution in [0.3, 0.4) is 0 Å². The largest absolute Gasteiger partial charge is 0.352 e. The third kappa shape index (κ3) is 4.54. The van der Waals surface area contributed by atoms with E-state index in [-0.39, 0.29) is 24.2 Å². The summed E-state index contributed by atoms with van der Waals surface area (Å²) < 4.78 is 14.1. The van der Waals surface area contributed by atoms with Gasteiger partial charge in [0.1, 0.15) is 5.82 Å². The highest BCUT2D eigenvalue weighted by molar-refractivity contribution is 8.00. The number of halogens is 1. The van der Waals surface area contributed by atoms with Gasteiger partial charge in [0, 0.05) is 22.6 Å². The molecule has 0 aromatic heterocycles. The summed E-state index contributed by atoms with van der Waals surface area (Å²) in [5.74, 6) is -0.343. The van der Waals surface area contributed by atoms with Gasteiger partial charge in [-0.15, -0.1) is 11.8 Å². The number of benzene rings is 3. The average Bonchev–Trinajstić information content (AvgIpc) is 2.77. The van der Waals surface area contributed by atoms with Crippen LogP contribution < -0.4 is 10.2 Å². The van der Waals surface area contributed by atoms with Gasteiger partial charge in [0.05, 0.1) is 18.0 Å². The number of anilines is 1. The van der Waals surface area contributed by atoms with Crippen LogP contribution in [0.5, 0.6) is 0 Å². The second-order valence-electron chi connectivity index (χ2n) is 7.03. The standard InChI is InChI=1S/C24H21FN2O2S/c25-20-9-5-4-8-19(20)15-27-21-14-18(10-11-22(21)30-16-23(27)28)24(29)26-13-12-17-6-2-1-3-7-17/h1-11,14H,12-13,15-16H2,(H,26,29). The van der Waals surface area contributed by atoms with Gasteiger partial charge in [-0.25, -0.2) is 4.39 Å². The lowest BCUT2D eigenvalue weighted by Gasteiger charge is -2.29. The SMILES string of the molecule is O=C(NCCc1ccccc1)c1ccc2c(c1)N(Cc1ccccc1F)C(=O)CS2. The van der Waals surface area contributed by atoms with Gasteiger partial charge in [0.2, 0.25) is 5.91 Å². The number of rotatable bonds is 6. The van der Waals surface area contributed by atoms with Gasteiger partial charge in [0.25, 0.3) is 5.91 Å². The lowest BCUT2D eigenvalue weighted by molar-refractivity contribution is -0.116. The normalized spacial score (nSPS) is 13.1. The Kier molecular flexibility index (Phi) is 6.14. The molecule has 1 N–H and O–H groups in total. The van der Waals surface area contributed by atoms with E-state index in [0.29, 0.717) is 29.1 Å². The fourth-order valence-corrected chi connectivity index (χ4v) is 4.30. The van der Waals surface area contributed by atoms with Crippen molar-refractivity contribution in [2.45, 2.75) is 17.9 Å². The molecular weight excluding hydrogens is 399 g/mol. The number of amides is 2. The van der Waals surface area contributed by atoms with Crippen LogP contribution in [0.4, 0.5) is 10.1 Å². The van der Waals surface area contributed by atoms with Crippen LogP contribution in [-0.2, 0) is 17.8 Å². The van der Waals surface area contributed by atoms with Crippen molar-refractivity contribution < 1.29 is 14.0 Å². The van der Waals surface area contributed by atoms with E-state index < -0.39 is 0 Å². The predicted octanol–water partition coefficient (Wildman–Crippen LogP) is 4.44. The second kappa shape index (κ2) is 9.13. The van der Waals surface area contributed by atoms with E-state index in [9.17, 15) is 14.0 Å². The number of nitrogens with zero attached hydrogens (tertiary/aromatic N) is 1. The molecule has 2 amide bonds. The van der Waals surface area contributed by atoms with E-state index >= 15 is 0 Å². The monoisotopic (exact) mass is 420 g/mol. The molecule has 0 unspecified atom stereocenters. The van der Waals surface area contributed by atoms with Gasteiger partial charge < -0.3 is 10.2 Å². The summed E-state index contributed by atoms with van der Waals surface area (Å²) >= 11 is 1.43. The van der Waals surface area contributed by atoms with Crippen molar-refractivity contribution in [1.82, 2.24) is 5.32 Å². The number of carbonyl (C=O) groups excluding carboxylic acids is 2. The summed E-state index contributed by atoms with van der Waals surface area (Å²) in [6.07, 6.45) is 0.741. The molecule has 4 rings (SSSR count). The van der Waals surface area contributed by atoms with Crippen molar-refractivity contribution in [1.29, 1.82) is 0 Å². The number of nitrogens with one attached hydrogen (secondary N) is 1. The smallest absolute Gasteiger partial charge is 0.251 e. The maximum Gasteiger partial charge on any atom is 0.251 e. The highest BCUT2D eigenvalue weighted by atomic mass is 32.2. The quantitative estimate of drug-likeness (QED) is 0.642. The van der Waals surface area contributed by atoms with Gasteiger partial charge >= 0.3 is 0 Å². The average molecular weight is 421 g/mol. The molecule has 0 bridgehead atoms. The lowest BCUT2D eigenvalue weighted by atomic mass is 10.1. The van der Waals surface area contributed by atoms with Gasteiger partial charge in [-0.3, -0.25) is 9.59 Å². The zero-order valence-corrected chi connectivity index (χ0v) is 17.1. The zero-order valence-electron chi connectivity index (χ0n) is 16.3. The molecule has 0 spiro atoms. The molecule has 3 aromatic rings. The molecule has 4 nitrogen and oxygen atoms in total. The van der Waals surface area contributed by atoms with E-state index in [4.69, 9.17) is 0 Å². The van der Waals surface area contributed by atoms with Crippen LogP contribution in [0.1, 0.15) is 21.5 Å². The van der Waals surface area contributed by atoms with Crippen molar-refractivity contribution in [3.8, 4) is 0 Å². The van der Waals surface area contributed by atoms with Crippen LogP contribution in [0.15, 0.2) is 77.7 Å². The first-order valence-corrected chi connectivity index (χ1v) is 10.7. The van der Waals surface area contributed by atoms with Gasteiger partial charge in [0.15, 0.2) is 0 Å². The van der Waals surface area contributed by atoms with Crippen molar-refractivity contribution in [3.05, 3.63) is 95.3 Å². The Labute approximate surface area is 179 Å². The van der Waals surface area contributed by atoms with Gasteiger partial charge in [-0.1, -0.05) is 48.5 Å². The van der Waals surface area contributed by atoms with Crippen molar-refractivity contribution >= 4 is 29.3 Å². The summed E-state index contributed by atoms with van der Waals surface area (Å²) in [6, 6.07) is 21.7. The fraction of sp³-hybridized carbons (Fsp3) is 0.167. The van der Waals surface area contributed by atoms with Crippen molar-refractivity contribution in [3.63, 3.8) is 0 Å². The van der Waals surface area contributed by atoms with E-state index in [2.05, 4.69) is 5.32 Å². The Hall–Kier alpha value is -3.12. The van der Waals surface area contributed by atoms with Crippen LogP contribution in [0.25, 0.3) is 0 Å². The summed E-state index contributed by atoms with van der Waals surface area (Å²) in [4.78, 5) is 27.7. The highest BCUT2D eigenvalue weighted by Gasteiger charge is 2.26. The number of thioether (sulfide) groups is 1. The minimum absolute atomic E-state index is 0.0996. The van der Waals surface area contributed by atoms with E-state index in [0.717, 1.165) is 16.9 Å². The minimum Gasteiger partial charge on any atom is -0.352 e. The lowest BCUT2D eigenvalue weighted by Crippen LogP contribution is -2.35. The molecular formula is C24H21FN2O2S. The maximum absolute atomic E-state index is 14.1. The molecule has 0 saturated carbocycles. The van der Waals surface area contributed by atoms with E-state index in [1.54, 1.807) is 35.2 Å². The Morgan fingerprint density at radius 1 is 1.03 bits per heavy atom. The molecule has 0 aliphatic carbocycles. The Morgan fingerprint density at radius 2 is 1.80 bits per heavy atom. The molecule has 1 heterocycles. The molecule has 30 heavy (non-hydrogen) atoms. The first kappa shape index (κ1) is 20.2. The van der Waals surface area contributed by atoms with E-state index in [1.807, 2.05) is 36.4 Å². The topological polar surface area (TPSA) is 49.4 Å².